The number of para-hydroxylation sites is 4. The molecule has 7 heteroatoms. The minimum atomic E-state index is 0.0663. The van der Waals surface area contributed by atoms with E-state index in [2.05, 4.69) is 15.7 Å². The van der Waals surface area contributed by atoms with Gasteiger partial charge in [0.2, 0.25) is 0 Å². The van der Waals surface area contributed by atoms with Gasteiger partial charge in [0.1, 0.15) is 11.5 Å². The Morgan fingerprint density at radius 2 is 1.61 bits per heavy atom. The van der Waals surface area contributed by atoms with Gasteiger partial charge in [-0.25, -0.2) is 0 Å². The fourth-order valence-corrected chi connectivity index (χ4v) is 4.70. The standard InChI is InChI=1S/C26H29N3O3S/c1-31-24-13-5-3-11-22(24)27-33-21-10-7-9-20(19-21)26(30)29-16-8-15-28(17-18-29)23-12-4-6-14-25(23)32-2/h3-7,9-14,19,27H,8,15-18H2,1-2H3. The van der Waals surface area contributed by atoms with E-state index in [4.69, 9.17) is 9.47 Å². The van der Waals surface area contributed by atoms with Gasteiger partial charge in [0.05, 0.1) is 25.6 Å². The number of methoxy groups -OCH3 is 2. The molecule has 1 N–H and O–H groups in total. The molecule has 1 aliphatic rings. The first-order chi connectivity index (χ1) is 16.2. The van der Waals surface area contributed by atoms with Crippen molar-refractivity contribution in [2.45, 2.75) is 11.3 Å². The molecule has 0 saturated carbocycles. The maximum absolute atomic E-state index is 13.3. The molecule has 0 unspecified atom stereocenters. The van der Waals surface area contributed by atoms with Gasteiger partial charge >= 0.3 is 0 Å². The third-order valence-electron chi connectivity index (χ3n) is 5.68. The molecule has 3 aromatic rings. The molecule has 172 valence electrons. The smallest absolute Gasteiger partial charge is 0.253 e. The van der Waals surface area contributed by atoms with Gasteiger partial charge in [-0.15, -0.1) is 0 Å². The van der Waals surface area contributed by atoms with Crippen molar-refractivity contribution in [1.82, 2.24) is 4.90 Å². The van der Waals surface area contributed by atoms with Gasteiger partial charge in [-0.1, -0.05) is 30.3 Å². The first-order valence-electron chi connectivity index (χ1n) is 11.0. The Kier molecular flexibility index (Phi) is 7.62. The number of carbonyl (C=O) groups is 1. The number of carbonyl (C=O) groups excluding carboxylic acids is 1. The van der Waals surface area contributed by atoms with Crippen LogP contribution >= 0.6 is 11.9 Å². The molecule has 1 saturated heterocycles. The number of ether oxygens (including phenoxy) is 2. The zero-order valence-electron chi connectivity index (χ0n) is 19.0. The summed E-state index contributed by atoms with van der Waals surface area (Å²) in [6.45, 7) is 3.08. The molecule has 0 aliphatic carbocycles. The molecule has 0 spiro atoms. The molecule has 1 amide bonds. The molecule has 0 radical (unpaired) electrons. The zero-order valence-corrected chi connectivity index (χ0v) is 19.8. The van der Waals surface area contributed by atoms with E-state index >= 15 is 0 Å². The Bertz CT molecular complexity index is 1090. The van der Waals surface area contributed by atoms with Crippen LogP contribution in [-0.4, -0.2) is 51.2 Å². The first kappa shape index (κ1) is 22.9. The molecule has 6 nitrogen and oxygen atoms in total. The van der Waals surface area contributed by atoms with Crippen molar-refractivity contribution < 1.29 is 14.3 Å². The zero-order chi connectivity index (χ0) is 23.0. The van der Waals surface area contributed by atoms with E-state index in [-0.39, 0.29) is 5.91 Å². The van der Waals surface area contributed by atoms with E-state index < -0.39 is 0 Å². The van der Waals surface area contributed by atoms with Gasteiger partial charge in [0.15, 0.2) is 0 Å². The lowest BCUT2D eigenvalue weighted by atomic mass is 10.2. The van der Waals surface area contributed by atoms with Gasteiger partial charge in [0, 0.05) is 36.6 Å². The summed E-state index contributed by atoms with van der Waals surface area (Å²) >= 11 is 1.46. The third-order valence-corrected chi connectivity index (χ3v) is 6.49. The van der Waals surface area contributed by atoms with Crippen molar-refractivity contribution in [3.05, 3.63) is 78.4 Å². The fourth-order valence-electron chi connectivity index (χ4n) is 3.97. The Morgan fingerprint density at radius 3 is 2.42 bits per heavy atom. The van der Waals surface area contributed by atoms with Gasteiger partial charge in [-0.3, -0.25) is 4.79 Å². The highest BCUT2D eigenvalue weighted by Crippen LogP contribution is 2.30. The summed E-state index contributed by atoms with van der Waals surface area (Å²) in [6, 6.07) is 23.6. The molecule has 4 rings (SSSR count). The average molecular weight is 464 g/mol. The SMILES string of the molecule is COc1ccccc1NSc1cccc(C(=O)N2CCCN(c3ccccc3OC)CC2)c1. The lowest BCUT2D eigenvalue weighted by Crippen LogP contribution is -2.35. The summed E-state index contributed by atoms with van der Waals surface area (Å²) in [5.74, 6) is 1.71. The second-order valence-electron chi connectivity index (χ2n) is 7.74. The first-order valence-corrected chi connectivity index (χ1v) is 11.8. The van der Waals surface area contributed by atoms with Crippen molar-refractivity contribution in [3.63, 3.8) is 0 Å². The normalized spacial score (nSPS) is 13.9. The molecule has 0 aromatic heterocycles. The van der Waals surface area contributed by atoms with E-state index in [9.17, 15) is 4.79 Å². The molecule has 0 atom stereocenters. The van der Waals surface area contributed by atoms with Crippen LogP contribution < -0.4 is 19.1 Å². The van der Waals surface area contributed by atoms with Crippen LogP contribution in [-0.2, 0) is 0 Å². The van der Waals surface area contributed by atoms with Gasteiger partial charge in [-0.2, -0.15) is 0 Å². The highest BCUT2D eigenvalue weighted by molar-refractivity contribution is 8.00. The fraction of sp³-hybridized carbons (Fsp3) is 0.269. The quantitative estimate of drug-likeness (QED) is 0.488. The second kappa shape index (κ2) is 11.0. The van der Waals surface area contributed by atoms with Crippen molar-refractivity contribution in [2.75, 3.05) is 50.0 Å². The maximum Gasteiger partial charge on any atom is 0.253 e. The number of hydrogen-bond acceptors (Lipinski definition) is 6. The summed E-state index contributed by atoms with van der Waals surface area (Å²) in [7, 11) is 3.35. The van der Waals surface area contributed by atoms with E-state index in [1.807, 2.05) is 71.6 Å². The summed E-state index contributed by atoms with van der Waals surface area (Å²) < 4.78 is 14.2. The second-order valence-corrected chi connectivity index (χ2v) is 8.62. The Morgan fingerprint density at radius 1 is 0.848 bits per heavy atom. The third kappa shape index (κ3) is 5.54. The van der Waals surface area contributed by atoms with E-state index in [1.54, 1.807) is 14.2 Å². The number of benzene rings is 3. The summed E-state index contributed by atoms with van der Waals surface area (Å²) in [5.41, 5.74) is 2.67. The molecular formula is C26H29N3O3S. The maximum atomic E-state index is 13.3. The minimum Gasteiger partial charge on any atom is -0.495 e. The monoisotopic (exact) mass is 463 g/mol. The lowest BCUT2D eigenvalue weighted by Gasteiger charge is -2.25. The topological polar surface area (TPSA) is 54.0 Å². The highest BCUT2D eigenvalue weighted by Gasteiger charge is 2.22. The van der Waals surface area contributed by atoms with Gasteiger partial charge in [-0.05, 0) is 60.8 Å². The van der Waals surface area contributed by atoms with Crippen LogP contribution in [0.3, 0.4) is 0 Å². The van der Waals surface area contributed by atoms with Gasteiger partial charge < -0.3 is 24.0 Å². The number of rotatable bonds is 7. The molecule has 1 heterocycles. The number of nitrogens with zero attached hydrogens (tertiary/aromatic N) is 2. The van der Waals surface area contributed by atoms with Crippen LogP contribution in [0.25, 0.3) is 0 Å². The van der Waals surface area contributed by atoms with Crippen LogP contribution in [0, 0.1) is 0 Å². The minimum absolute atomic E-state index is 0.0663. The van der Waals surface area contributed by atoms with Crippen molar-refractivity contribution in [2.24, 2.45) is 0 Å². The summed E-state index contributed by atoms with van der Waals surface area (Å²) in [5, 5.41) is 0. The van der Waals surface area contributed by atoms with E-state index in [0.717, 1.165) is 53.8 Å². The Balaban J connectivity index is 1.41. The largest absolute Gasteiger partial charge is 0.495 e. The predicted octanol–water partition coefficient (Wildman–Crippen LogP) is 5.18. The number of amides is 1. The lowest BCUT2D eigenvalue weighted by molar-refractivity contribution is 0.0767. The molecule has 3 aromatic carbocycles. The number of hydrogen-bond donors (Lipinski definition) is 1. The molecule has 1 fully saturated rings. The Hall–Kier alpha value is -3.32. The van der Waals surface area contributed by atoms with Gasteiger partial charge in [0.25, 0.3) is 5.91 Å². The molecular weight excluding hydrogens is 434 g/mol. The van der Waals surface area contributed by atoms with Crippen LogP contribution in [0.5, 0.6) is 11.5 Å². The van der Waals surface area contributed by atoms with Crippen LogP contribution in [0.1, 0.15) is 16.8 Å². The summed E-state index contributed by atoms with van der Waals surface area (Å²) in [6.07, 6.45) is 0.910. The highest BCUT2D eigenvalue weighted by atomic mass is 32.2. The van der Waals surface area contributed by atoms with E-state index in [0.29, 0.717) is 12.1 Å². The van der Waals surface area contributed by atoms with Crippen molar-refractivity contribution in [1.29, 1.82) is 0 Å². The molecule has 1 aliphatic heterocycles. The van der Waals surface area contributed by atoms with Crippen LogP contribution in [0.4, 0.5) is 11.4 Å². The number of nitrogens with one attached hydrogen (secondary N) is 1. The molecule has 0 bridgehead atoms. The predicted molar refractivity (Wildman–Crippen MR) is 135 cm³/mol. The summed E-state index contributed by atoms with van der Waals surface area (Å²) in [4.78, 5) is 18.5. The Labute approximate surface area is 199 Å². The average Bonchev–Trinajstić information content (AvgIpc) is 3.13. The van der Waals surface area contributed by atoms with E-state index in [1.165, 1.54) is 11.9 Å². The van der Waals surface area contributed by atoms with Crippen LogP contribution in [0.15, 0.2) is 77.7 Å². The van der Waals surface area contributed by atoms with Crippen molar-refractivity contribution in [3.8, 4) is 11.5 Å². The van der Waals surface area contributed by atoms with Crippen LogP contribution in [0.2, 0.25) is 0 Å². The number of anilines is 2. The molecule has 33 heavy (non-hydrogen) atoms. The van der Waals surface area contributed by atoms with Crippen molar-refractivity contribution >= 4 is 29.2 Å².